The van der Waals surface area contributed by atoms with Gasteiger partial charge in [-0.2, -0.15) is 0 Å². The summed E-state index contributed by atoms with van der Waals surface area (Å²) in [7, 11) is -0.719. The second kappa shape index (κ2) is 36.6. The first-order valence-corrected chi connectivity index (χ1v) is 21.8. The first kappa shape index (κ1) is 49.2. The molecular formula is C41H76NO8P. The number of hydrogen-bond acceptors (Lipinski definition) is 8. The van der Waals surface area contributed by atoms with Gasteiger partial charge in [-0.25, -0.2) is 4.57 Å². The molecule has 0 fully saturated rings. The third-order valence-electron chi connectivity index (χ3n) is 8.42. The molecule has 0 saturated heterocycles. The number of nitrogens with zero attached hydrogens (tertiary/aromatic N) is 1. The maximum atomic E-state index is 12.6. The Balaban J connectivity index is 4.31. The Hall–Kier alpha value is -1.77. The molecule has 0 amide bonds. The van der Waals surface area contributed by atoms with Crippen molar-refractivity contribution in [2.24, 2.45) is 0 Å². The molecule has 0 aromatic rings. The molecule has 9 nitrogen and oxygen atoms in total. The Labute approximate surface area is 312 Å². The smallest absolute Gasteiger partial charge is 0.462 e. The van der Waals surface area contributed by atoms with Gasteiger partial charge in [-0.15, -0.1) is 0 Å². The van der Waals surface area contributed by atoms with Crippen LogP contribution in [-0.2, 0) is 32.7 Å². The quantitative estimate of drug-likeness (QED) is 0.0288. The van der Waals surface area contributed by atoms with Crippen LogP contribution in [0.1, 0.15) is 168 Å². The number of rotatable bonds is 37. The number of carbonyl (C=O) groups excluding carboxylic acids is 2. The van der Waals surface area contributed by atoms with Crippen LogP contribution in [0.2, 0.25) is 0 Å². The third kappa shape index (κ3) is 37.8. The van der Waals surface area contributed by atoms with E-state index in [2.05, 4.69) is 50.3 Å². The van der Waals surface area contributed by atoms with Crippen molar-refractivity contribution in [2.75, 3.05) is 40.5 Å². The average molecular weight is 742 g/mol. The molecule has 2 atom stereocenters. The SMILES string of the molecule is CCCC/C=C\CCCCCCCC(=O)OC(COC(=O)CCCCCCCCC/C=C\C/C=C\CCCCC)COP(=O)(O)OCCN(C)C. The number of allylic oxidation sites excluding steroid dienone is 6. The average Bonchev–Trinajstić information content (AvgIpc) is 3.09. The predicted octanol–water partition coefficient (Wildman–Crippen LogP) is 11.2. The van der Waals surface area contributed by atoms with Gasteiger partial charge in [0.1, 0.15) is 6.61 Å². The molecular weight excluding hydrogens is 665 g/mol. The summed E-state index contributed by atoms with van der Waals surface area (Å²) in [5.41, 5.74) is 0. The van der Waals surface area contributed by atoms with Crippen molar-refractivity contribution in [3.05, 3.63) is 36.5 Å². The Kier molecular flexibility index (Phi) is 35.3. The maximum Gasteiger partial charge on any atom is 0.472 e. The molecule has 0 spiro atoms. The molecule has 0 radical (unpaired) electrons. The molecule has 0 rings (SSSR count). The van der Waals surface area contributed by atoms with Crippen LogP contribution < -0.4 is 0 Å². The fourth-order valence-corrected chi connectivity index (χ4v) is 5.97. The normalized spacial score (nSPS) is 13.8. The van der Waals surface area contributed by atoms with E-state index in [1.807, 2.05) is 19.0 Å². The molecule has 0 aromatic heterocycles. The second-order valence-corrected chi connectivity index (χ2v) is 15.3. The minimum atomic E-state index is -4.36. The number of esters is 2. The number of phosphoric ester groups is 1. The lowest BCUT2D eigenvalue weighted by Crippen LogP contribution is -2.29. The van der Waals surface area contributed by atoms with E-state index in [1.54, 1.807) is 0 Å². The molecule has 0 aliphatic carbocycles. The van der Waals surface area contributed by atoms with Crippen molar-refractivity contribution in [3.8, 4) is 0 Å². The van der Waals surface area contributed by atoms with Crippen LogP contribution in [0.3, 0.4) is 0 Å². The number of hydrogen-bond donors (Lipinski definition) is 1. The van der Waals surface area contributed by atoms with Crippen LogP contribution in [0, 0.1) is 0 Å². The van der Waals surface area contributed by atoms with Crippen molar-refractivity contribution in [1.82, 2.24) is 4.90 Å². The molecule has 0 saturated carbocycles. The summed E-state index contributed by atoms with van der Waals surface area (Å²) < 4.78 is 33.3. The number of unbranched alkanes of at least 4 members (excludes halogenated alkanes) is 17. The highest BCUT2D eigenvalue weighted by Gasteiger charge is 2.26. The van der Waals surface area contributed by atoms with Gasteiger partial charge in [0, 0.05) is 19.4 Å². The largest absolute Gasteiger partial charge is 0.472 e. The van der Waals surface area contributed by atoms with E-state index < -0.39 is 26.5 Å². The molecule has 0 bridgehead atoms. The monoisotopic (exact) mass is 742 g/mol. The zero-order chi connectivity index (χ0) is 37.7. The van der Waals surface area contributed by atoms with Crippen molar-refractivity contribution in [2.45, 2.75) is 174 Å². The first-order chi connectivity index (χ1) is 24.7. The van der Waals surface area contributed by atoms with E-state index in [-0.39, 0.29) is 32.0 Å². The maximum absolute atomic E-state index is 12.6. The van der Waals surface area contributed by atoms with Gasteiger partial charge in [0.05, 0.1) is 13.2 Å². The van der Waals surface area contributed by atoms with Crippen molar-refractivity contribution in [1.29, 1.82) is 0 Å². The van der Waals surface area contributed by atoms with Crippen LogP contribution >= 0.6 is 7.82 Å². The minimum Gasteiger partial charge on any atom is -0.462 e. The molecule has 0 aliphatic rings. The Bertz CT molecular complexity index is 952. The topological polar surface area (TPSA) is 112 Å². The summed E-state index contributed by atoms with van der Waals surface area (Å²) >= 11 is 0. The van der Waals surface area contributed by atoms with Crippen LogP contribution in [0.25, 0.3) is 0 Å². The zero-order valence-electron chi connectivity index (χ0n) is 33.0. The second-order valence-electron chi connectivity index (χ2n) is 13.8. The van der Waals surface area contributed by atoms with E-state index >= 15 is 0 Å². The van der Waals surface area contributed by atoms with Crippen LogP contribution in [0.4, 0.5) is 0 Å². The lowest BCUT2D eigenvalue weighted by atomic mass is 10.1. The highest BCUT2D eigenvalue weighted by molar-refractivity contribution is 7.47. The first-order valence-electron chi connectivity index (χ1n) is 20.3. The number of ether oxygens (including phenoxy) is 2. The minimum absolute atomic E-state index is 0.00404. The van der Waals surface area contributed by atoms with Gasteiger partial charge in [0.25, 0.3) is 0 Å². The van der Waals surface area contributed by atoms with Gasteiger partial charge in [0.15, 0.2) is 6.10 Å². The lowest BCUT2D eigenvalue weighted by Gasteiger charge is -2.20. The Morgan fingerprint density at radius 1 is 0.608 bits per heavy atom. The summed E-state index contributed by atoms with van der Waals surface area (Å²) in [6.07, 6.45) is 37.6. The molecule has 51 heavy (non-hydrogen) atoms. The fraction of sp³-hybridized carbons (Fsp3) is 0.805. The van der Waals surface area contributed by atoms with Gasteiger partial charge >= 0.3 is 19.8 Å². The highest BCUT2D eigenvalue weighted by atomic mass is 31.2. The van der Waals surface area contributed by atoms with Crippen molar-refractivity contribution in [3.63, 3.8) is 0 Å². The lowest BCUT2D eigenvalue weighted by molar-refractivity contribution is -0.161. The van der Waals surface area contributed by atoms with Gasteiger partial charge < -0.3 is 19.3 Å². The summed E-state index contributed by atoms with van der Waals surface area (Å²) in [6.45, 7) is 4.23. The van der Waals surface area contributed by atoms with E-state index in [0.29, 0.717) is 13.0 Å². The summed E-state index contributed by atoms with van der Waals surface area (Å²) in [6, 6.07) is 0. The van der Waals surface area contributed by atoms with Gasteiger partial charge in [0.2, 0.25) is 0 Å². The van der Waals surface area contributed by atoms with E-state index in [9.17, 15) is 19.0 Å². The number of likely N-dealkylation sites (N-methyl/N-ethyl adjacent to an activating group) is 1. The van der Waals surface area contributed by atoms with Crippen LogP contribution in [0.15, 0.2) is 36.5 Å². The Morgan fingerprint density at radius 2 is 1.08 bits per heavy atom. The van der Waals surface area contributed by atoms with Gasteiger partial charge in [-0.1, -0.05) is 127 Å². The summed E-state index contributed by atoms with van der Waals surface area (Å²) in [5.74, 6) is -0.825. The summed E-state index contributed by atoms with van der Waals surface area (Å²) in [4.78, 5) is 36.9. The fourth-order valence-electron chi connectivity index (χ4n) is 5.23. The van der Waals surface area contributed by atoms with Gasteiger partial charge in [-0.05, 0) is 78.3 Å². The van der Waals surface area contributed by atoms with E-state index in [0.717, 1.165) is 77.0 Å². The van der Waals surface area contributed by atoms with Crippen LogP contribution in [0.5, 0.6) is 0 Å². The molecule has 10 heteroatoms. The highest BCUT2D eigenvalue weighted by Crippen LogP contribution is 2.43. The predicted molar refractivity (Wildman–Crippen MR) is 211 cm³/mol. The van der Waals surface area contributed by atoms with E-state index in [1.165, 1.54) is 57.8 Å². The van der Waals surface area contributed by atoms with Gasteiger partial charge in [-0.3, -0.25) is 18.6 Å². The zero-order valence-corrected chi connectivity index (χ0v) is 33.9. The molecule has 0 aliphatic heterocycles. The molecule has 2 unspecified atom stereocenters. The standard InChI is InChI=1S/C41H76NO8P/c1-5-7-9-11-13-15-17-18-19-20-21-22-24-25-27-29-31-33-40(43)47-37-39(38-49-51(45,46)48-36-35-42(3)4)50-41(44)34-32-30-28-26-23-16-14-12-10-8-6-2/h12-15,18-19,39H,5-11,16-17,20-38H2,1-4H3,(H,45,46)/b14-12-,15-13-,19-18-. The molecule has 298 valence electrons. The molecule has 1 N–H and O–H groups in total. The third-order valence-corrected chi connectivity index (χ3v) is 9.40. The van der Waals surface area contributed by atoms with E-state index in [4.69, 9.17) is 18.5 Å². The number of carbonyl (C=O) groups is 2. The molecule has 0 heterocycles. The van der Waals surface area contributed by atoms with Crippen molar-refractivity contribution >= 4 is 19.8 Å². The van der Waals surface area contributed by atoms with Crippen LogP contribution in [-0.4, -0.2) is 68.3 Å². The van der Waals surface area contributed by atoms with Crippen molar-refractivity contribution < 1.29 is 37.6 Å². The molecule has 0 aromatic carbocycles. The summed E-state index contributed by atoms with van der Waals surface area (Å²) in [5, 5.41) is 0. The number of phosphoric acid groups is 1. The Morgan fingerprint density at radius 3 is 1.63 bits per heavy atom.